The Bertz CT molecular complexity index is 598. The number of benzene rings is 1. The third-order valence-electron chi connectivity index (χ3n) is 4.33. The van der Waals surface area contributed by atoms with Gasteiger partial charge >= 0.3 is 0 Å². The van der Waals surface area contributed by atoms with Crippen LogP contribution in [0.3, 0.4) is 0 Å². The molecule has 0 saturated heterocycles. The summed E-state index contributed by atoms with van der Waals surface area (Å²) in [5.41, 5.74) is 2.25. The monoisotopic (exact) mass is 325 g/mol. The molecule has 22 heavy (non-hydrogen) atoms. The van der Waals surface area contributed by atoms with Crippen LogP contribution in [0.1, 0.15) is 43.7 Å². The van der Waals surface area contributed by atoms with Crippen LogP contribution in [0.15, 0.2) is 18.2 Å². The highest BCUT2D eigenvalue weighted by atomic mass is 32.2. The molecule has 0 heterocycles. The van der Waals surface area contributed by atoms with Gasteiger partial charge in [-0.05, 0) is 38.3 Å². The zero-order valence-electron chi connectivity index (χ0n) is 13.8. The van der Waals surface area contributed by atoms with Crippen LogP contribution in [0.2, 0.25) is 0 Å². The second kappa shape index (κ2) is 7.47. The summed E-state index contributed by atoms with van der Waals surface area (Å²) in [5.74, 6) is 0.890. The van der Waals surface area contributed by atoms with Crippen LogP contribution in [0.25, 0.3) is 0 Å². The molecule has 0 bridgehead atoms. The van der Waals surface area contributed by atoms with Crippen LogP contribution in [0.5, 0.6) is 5.75 Å². The van der Waals surface area contributed by atoms with Crippen LogP contribution in [-0.2, 0) is 16.4 Å². The third-order valence-corrected chi connectivity index (χ3v) is 5.99. The van der Waals surface area contributed by atoms with E-state index < -0.39 is 9.84 Å². The number of hydrogen-bond donors (Lipinski definition) is 1. The van der Waals surface area contributed by atoms with Gasteiger partial charge < -0.3 is 10.1 Å². The predicted octanol–water partition coefficient (Wildman–Crippen LogP) is 2.84. The van der Waals surface area contributed by atoms with Gasteiger partial charge in [0.25, 0.3) is 0 Å². The topological polar surface area (TPSA) is 55.4 Å². The van der Waals surface area contributed by atoms with Crippen molar-refractivity contribution in [3.63, 3.8) is 0 Å². The Kier molecular flexibility index (Phi) is 5.87. The van der Waals surface area contributed by atoms with E-state index in [9.17, 15) is 8.42 Å². The van der Waals surface area contributed by atoms with E-state index in [2.05, 4.69) is 17.4 Å². The molecule has 2 atom stereocenters. The Morgan fingerprint density at radius 3 is 2.68 bits per heavy atom. The third kappa shape index (κ3) is 4.46. The van der Waals surface area contributed by atoms with Crippen molar-refractivity contribution in [1.82, 2.24) is 5.32 Å². The molecule has 5 heteroatoms. The van der Waals surface area contributed by atoms with Crippen LogP contribution >= 0.6 is 0 Å². The quantitative estimate of drug-likeness (QED) is 0.874. The maximum Gasteiger partial charge on any atom is 0.151 e. The molecule has 0 aliphatic heterocycles. The molecule has 1 fully saturated rings. The Balaban J connectivity index is 2.08. The minimum absolute atomic E-state index is 0.0412. The van der Waals surface area contributed by atoms with E-state index in [1.807, 2.05) is 19.9 Å². The molecule has 0 unspecified atom stereocenters. The van der Waals surface area contributed by atoms with Gasteiger partial charge in [-0.3, -0.25) is 0 Å². The van der Waals surface area contributed by atoms with Gasteiger partial charge in [-0.15, -0.1) is 0 Å². The van der Waals surface area contributed by atoms with Gasteiger partial charge in [-0.25, -0.2) is 8.42 Å². The Morgan fingerprint density at radius 2 is 2.00 bits per heavy atom. The van der Waals surface area contributed by atoms with Gasteiger partial charge in [0.15, 0.2) is 9.84 Å². The fourth-order valence-electron chi connectivity index (χ4n) is 3.18. The molecule has 1 aromatic rings. The second-order valence-corrected chi connectivity index (χ2v) is 8.45. The van der Waals surface area contributed by atoms with Crippen molar-refractivity contribution < 1.29 is 13.2 Å². The Labute approximate surface area is 134 Å². The number of nitrogens with one attached hydrogen (secondary N) is 1. The molecule has 124 valence electrons. The van der Waals surface area contributed by atoms with E-state index in [0.717, 1.165) is 37.0 Å². The first kappa shape index (κ1) is 17.3. The first-order valence-electron chi connectivity index (χ1n) is 8.06. The zero-order valence-corrected chi connectivity index (χ0v) is 14.6. The molecule has 1 N–H and O–H groups in total. The molecule has 1 saturated carbocycles. The highest BCUT2D eigenvalue weighted by Gasteiger charge is 2.32. The standard InChI is InChI=1S/C17H27NO3S/c1-4-21-16-11-13(2)9-10-14(16)12-18-15-7-5-6-8-17(15)22(3,19)20/h9-11,15,17-18H,4-8,12H2,1-3H3/t15-,17+/m1/s1. The van der Waals surface area contributed by atoms with Crippen molar-refractivity contribution >= 4 is 9.84 Å². The first-order chi connectivity index (χ1) is 10.4. The summed E-state index contributed by atoms with van der Waals surface area (Å²) in [4.78, 5) is 0. The van der Waals surface area contributed by atoms with E-state index in [0.29, 0.717) is 13.2 Å². The molecule has 1 aliphatic carbocycles. The minimum atomic E-state index is -3.00. The number of rotatable bonds is 6. The molecule has 0 aromatic heterocycles. The summed E-state index contributed by atoms with van der Waals surface area (Å²) in [6, 6.07) is 6.20. The number of sulfone groups is 1. The maximum atomic E-state index is 12.0. The van der Waals surface area contributed by atoms with Crippen LogP contribution in [0, 0.1) is 6.92 Å². The zero-order chi connectivity index (χ0) is 16.2. The molecule has 0 radical (unpaired) electrons. The molecule has 0 amide bonds. The largest absolute Gasteiger partial charge is 0.494 e. The number of hydrogen-bond acceptors (Lipinski definition) is 4. The molecule has 1 aromatic carbocycles. The normalized spacial score (nSPS) is 22.5. The van der Waals surface area contributed by atoms with Crippen LogP contribution in [0.4, 0.5) is 0 Å². The number of aryl methyl sites for hydroxylation is 1. The van der Waals surface area contributed by atoms with Gasteiger partial charge in [-0.1, -0.05) is 25.0 Å². The van der Waals surface area contributed by atoms with Gasteiger partial charge in [0.1, 0.15) is 5.75 Å². The molecule has 2 rings (SSSR count). The highest BCUT2D eigenvalue weighted by Crippen LogP contribution is 2.26. The average molecular weight is 325 g/mol. The fourth-order valence-corrected chi connectivity index (χ4v) is 4.61. The summed E-state index contributed by atoms with van der Waals surface area (Å²) in [6.07, 6.45) is 5.14. The molecular formula is C17H27NO3S. The van der Waals surface area contributed by atoms with Crippen molar-refractivity contribution in [1.29, 1.82) is 0 Å². The van der Waals surface area contributed by atoms with E-state index in [-0.39, 0.29) is 11.3 Å². The lowest BCUT2D eigenvalue weighted by molar-refractivity contribution is 0.330. The smallest absolute Gasteiger partial charge is 0.151 e. The average Bonchev–Trinajstić information content (AvgIpc) is 2.46. The van der Waals surface area contributed by atoms with Crippen molar-refractivity contribution in [2.24, 2.45) is 0 Å². The summed E-state index contributed by atoms with van der Waals surface area (Å²) in [6.45, 7) is 5.29. The van der Waals surface area contributed by atoms with Gasteiger partial charge in [-0.2, -0.15) is 0 Å². The van der Waals surface area contributed by atoms with Gasteiger partial charge in [0.05, 0.1) is 11.9 Å². The second-order valence-electron chi connectivity index (χ2n) is 6.18. The molecule has 1 aliphatic rings. The highest BCUT2D eigenvalue weighted by molar-refractivity contribution is 7.91. The Morgan fingerprint density at radius 1 is 1.27 bits per heavy atom. The minimum Gasteiger partial charge on any atom is -0.494 e. The van der Waals surface area contributed by atoms with Crippen molar-refractivity contribution in [3.8, 4) is 5.75 Å². The van der Waals surface area contributed by atoms with Gasteiger partial charge in [0, 0.05) is 24.4 Å². The lowest BCUT2D eigenvalue weighted by atomic mass is 9.94. The number of ether oxygens (including phenoxy) is 1. The first-order valence-corrected chi connectivity index (χ1v) is 10.0. The van der Waals surface area contributed by atoms with E-state index in [1.54, 1.807) is 0 Å². The molecular weight excluding hydrogens is 298 g/mol. The summed E-state index contributed by atoms with van der Waals surface area (Å²) < 4.78 is 29.6. The van der Waals surface area contributed by atoms with E-state index in [1.165, 1.54) is 11.8 Å². The van der Waals surface area contributed by atoms with Crippen molar-refractivity contribution in [3.05, 3.63) is 29.3 Å². The predicted molar refractivity (Wildman–Crippen MR) is 90.1 cm³/mol. The summed E-state index contributed by atoms with van der Waals surface area (Å²) in [5, 5.41) is 3.19. The van der Waals surface area contributed by atoms with Crippen LogP contribution < -0.4 is 10.1 Å². The molecule has 0 spiro atoms. The van der Waals surface area contributed by atoms with Gasteiger partial charge in [0.2, 0.25) is 0 Å². The summed E-state index contributed by atoms with van der Waals surface area (Å²) in [7, 11) is -3.00. The lowest BCUT2D eigenvalue weighted by Crippen LogP contribution is -2.45. The summed E-state index contributed by atoms with van der Waals surface area (Å²) >= 11 is 0. The van der Waals surface area contributed by atoms with Crippen molar-refractivity contribution in [2.75, 3.05) is 12.9 Å². The van der Waals surface area contributed by atoms with E-state index >= 15 is 0 Å². The Hall–Kier alpha value is -1.07. The molecule has 4 nitrogen and oxygen atoms in total. The van der Waals surface area contributed by atoms with E-state index in [4.69, 9.17) is 4.74 Å². The fraction of sp³-hybridized carbons (Fsp3) is 0.647. The maximum absolute atomic E-state index is 12.0. The van der Waals surface area contributed by atoms with Crippen LogP contribution in [-0.4, -0.2) is 32.6 Å². The SMILES string of the molecule is CCOc1cc(C)ccc1CN[C@@H]1CCCC[C@@H]1S(C)(=O)=O. The van der Waals surface area contributed by atoms with Crippen molar-refractivity contribution in [2.45, 2.75) is 57.4 Å². The lowest BCUT2D eigenvalue weighted by Gasteiger charge is -2.31.